The Balaban J connectivity index is 2.20. The Kier molecular flexibility index (Phi) is 4.94. The number of benzene rings is 2. The van der Waals surface area contributed by atoms with Crippen LogP contribution in [0.1, 0.15) is 25.0 Å². The fourth-order valence-electron chi connectivity index (χ4n) is 1.86. The van der Waals surface area contributed by atoms with E-state index in [1.807, 2.05) is 69.3 Å². The van der Waals surface area contributed by atoms with Gasteiger partial charge < -0.3 is 9.84 Å². The monoisotopic (exact) mass is 285 g/mol. The van der Waals surface area contributed by atoms with Crippen molar-refractivity contribution in [3.8, 4) is 5.75 Å². The van der Waals surface area contributed by atoms with Crippen molar-refractivity contribution < 1.29 is 9.84 Å². The van der Waals surface area contributed by atoms with Crippen molar-refractivity contribution in [2.24, 2.45) is 0 Å². The molecule has 0 heterocycles. The van der Waals surface area contributed by atoms with Crippen LogP contribution in [0.15, 0.2) is 48.5 Å². The van der Waals surface area contributed by atoms with Crippen LogP contribution in [0, 0.1) is 6.92 Å². The minimum atomic E-state index is 0.126. The van der Waals surface area contributed by atoms with E-state index >= 15 is 0 Å². The van der Waals surface area contributed by atoms with Gasteiger partial charge in [-0.25, -0.2) is 0 Å². The summed E-state index contributed by atoms with van der Waals surface area (Å²) in [6, 6.07) is 15.4. The van der Waals surface area contributed by atoms with Crippen LogP contribution in [0.3, 0.4) is 0 Å². The smallest absolute Gasteiger partial charge is 0.119 e. The average Bonchev–Trinajstić information content (AvgIpc) is 2.41. The van der Waals surface area contributed by atoms with Gasteiger partial charge in [-0.2, -0.15) is 0 Å². The molecular weight excluding hydrogens is 267 g/mol. The maximum atomic E-state index is 12.3. The Morgan fingerprint density at radius 2 is 1.70 bits per heavy atom. The van der Waals surface area contributed by atoms with E-state index in [9.17, 15) is 5.11 Å². The summed E-state index contributed by atoms with van der Waals surface area (Å²) >= 11 is 0. The highest BCUT2D eigenvalue weighted by atomic mass is 31.1. The van der Waals surface area contributed by atoms with Gasteiger partial charge in [-0.15, -0.1) is 5.48 Å². The van der Waals surface area contributed by atoms with Crippen LogP contribution in [0.5, 0.6) is 5.75 Å². The second-order valence-corrected chi connectivity index (χ2v) is 6.04. The van der Waals surface area contributed by atoms with Gasteiger partial charge >= 0.3 is 0 Å². The lowest BCUT2D eigenvalue weighted by Crippen LogP contribution is -2.18. The minimum Gasteiger partial charge on any atom is -0.823 e. The fourth-order valence-corrected chi connectivity index (χ4v) is 2.77. The molecule has 2 rings (SSSR count). The second-order valence-electron chi connectivity index (χ2n) is 4.89. The van der Waals surface area contributed by atoms with E-state index in [4.69, 9.17) is 4.74 Å². The summed E-state index contributed by atoms with van der Waals surface area (Å²) in [5, 5.41) is 13.2. The SMILES string of the molecule is Cc1ccccc1C([O-])=Pc1ccc(OC(C)C)cc1. The summed E-state index contributed by atoms with van der Waals surface area (Å²) in [5.74, 6) is 0.835. The van der Waals surface area contributed by atoms with Gasteiger partial charge in [-0.05, 0) is 56.2 Å². The van der Waals surface area contributed by atoms with E-state index in [0.29, 0.717) is 8.20 Å². The van der Waals surface area contributed by atoms with Crippen molar-refractivity contribution in [3.05, 3.63) is 59.7 Å². The van der Waals surface area contributed by atoms with Crippen LogP contribution in [-0.4, -0.2) is 11.6 Å². The third-order valence-electron chi connectivity index (χ3n) is 2.81. The van der Waals surface area contributed by atoms with Crippen molar-refractivity contribution >= 4 is 19.0 Å². The number of ether oxygens (including phenoxy) is 1. The first-order chi connectivity index (χ1) is 9.56. The summed E-state index contributed by atoms with van der Waals surface area (Å²) in [4.78, 5) is 0. The molecule has 104 valence electrons. The zero-order valence-corrected chi connectivity index (χ0v) is 12.9. The molecule has 2 aromatic rings. The minimum absolute atomic E-state index is 0.126. The molecule has 0 aliphatic carbocycles. The summed E-state index contributed by atoms with van der Waals surface area (Å²) < 4.78 is 5.59. The lowest BCUT2D eigenvalue weighted by Gasteiger charge is -2.15. The Morgan fingerprint density at radius 3 is 2.30 bits per heavy atom. The van der Waals surface area contributed by atoms with Gasteiger partial charge in [-0.1, -0.05) is 32.5 Å². The molecule has 0 aromatic heterocycles. The molecule has 0 saturated heterocycles. The van der Waals surface area contributed by atoms with Gasteiger partial charge in [0.25, 0.3) is 0 Å². The first-order valence-electron chi connectivity index (χ1n) is 6.64. The molecule has 0 saturated carbocycles. The van der Waals surface area contributed by atoms with Crippen molar-refractivity contribution in [1.29, 1.82) is 0 Å². The molecule has 20 heavy (non-hydrogen) atoms. The Bertz CT molecular complexity index is 601. The first kappa shape index (κ1) is 14.8. The molecule has 3 heteroatoms. The molecule has 0 fully saturated rings. The van der Waals surface area contributed by atoms with E-state index < -0.39 is 0 Å². The van der Waals surface area contributed by atoms with E-state index in [2.05, 4.69) is 0 Å². The predicted octanol–water partition coefficient (Wildman–Crippen LogP) is 2.89. The van der Waals surface area contributed by atoms with Crippen molar-refractivity contribution in [1.82, 2.24) is 0 Å². The molecule has 0 spiro atoms. The molecule has 0 amide bonds. The van der Waals surface area contributed by atoms with Crippen molar-refractivity contribution in [3.63, 3.8) is 0 Å². The quantitative estimate of drug-likeness (QED) is 0.809. The number of hydrogen-bond donors (Lipinski definition) is 0. The second kappa shape index (κ2) is 6.69. The van der Waals surface area contributed by atoms with E-state index in [1.165, 1.54) is 0 Å². The van der Waals surface area contributed by atoms with E-state index in [1.54, 1.807) is 0 Å². The largest absolute Gasteiger partial charge is 0.823 e. The molecule has 0 aliphatic rings. The number of aryl methyl sites for hydroxylation is 1. The summed E-state index contributed by atoms with van der Waals surface area (Å²) in [6.45, 7) is 5.95. The first-order valence-corrected chi connectivity index (χ1v) is 7.54. The molecule has 0 aliphatic heterocycles. The molecule has 2 aromatic carbocycles. The van der Waals surface area contributed by atoms with Gasteiger partial charge in [-0.3, -0.25) is 0 Å². The highest BCUT2D eigenvalue weighted by Gasteiger charge is 1.98. The Morgan fingerprint density at radius 1 is 1.05 bits per heavy atom. The van der Waals surface area contributed by atoms with Crippen LogP contribution in [0.2, 0.25) is 0 Å². The van der Waals surface area contributed by atoms with Gasteiger partial charge in [0.15, 0.2) is 0 Å². The number of rotatable bonds is 4. The molecular formula is C17H18O2P-. The predicted molar refractivity (Wildman–Crippen MR) is 84.0 cm³/mol. The van der Waals surface area contributed by atoms with Crippen LogP contribution < -0.4 is 15.1 Å². The summed E-state index contributed by atoms with van der Waals surface area (Å²) in [6.07, 6.45) is 0.159. The van der Waals surface area contributed by atoms with Gasteiger partial charge in [0.05, 0.1) is 6.10 Å². The molecule has 0 atom stereocenters. The van der Waals surface area contributed by atoms with E-state index in [0.717, 1.165) is 22.2 Å². The third kappa shape index (κ3) is 3.93. The normalized spacial score (nSPS) is 11.8. The van der Waals surface area contributed by atoms with E-state index in [-0.39, 0.29) is 11.6 Å². The maximum Gasteiger partial charge on any atom is 0.119 e. The molecule has 0 radical (unpaired) electrons. The highest BCUT2D eigenvalue weighted by molar-refractivity contribution is 7.48. The average molecular weight is 285 g/mol. The molecule has 0 bridgehead atoms. The van der Waals surface area contributed by atoms with Crippen LogP contribution in [0.25, 0.3) is 0 Å². The van der Waals surface area contributed by atoms with Gasteiger partial charge in [0.2, 0.25) is 0 Å². The van der Waals surface area contributed by atoms with Crippen LogP contribution in [0.4, 0.5) is 0 Å². The highest BCUT2D eigenvalue weighted by Crippen LogP contribution is 2.14. The topological polar surface area (TPSA) is 32.3 Å². The zero-order chi connectivity index (χ0) is 14.5. The lowest BCUT2D eigenvalue weighted by atomic mass is 10.1. The molecule has 0 unspecified atom stereocenters. The standard InChI is InChI=1S/C17H19O2P/c1-12(2)19-14-8-10-15(11-9-14)20-17(18)16-7-5-4-6-13(16)3/h4-12,18H,1-3H3/p-1. The fraction of sp³-hybridized carbons (Fsp3) is 0.235. The third-order valence-corrected chi connectivity index (χ3v) is 3.81. The van der Waals surface area contributed by atoms with Crippen LogP contribution in [-0.2, 0) is 0 Å². The molecule has 2 nitrogen and oxygen atoms in total. The van der Waals surface area contributed by atoms with Gasteiger partial charge in [0, 0.05) is 5.30 Å². The summed E-state index contributed by atoms with van der Waals surface area (Å²) in [7, 11) is 0.697. The summed E-state index contributed by atoms with van der Waals surface area (Å²) in [5.41, 5.74) is 1.93. The maximum absolute atomic E-state index is 12.3. The van der Waals surface area contributed by atoms with Gasteiger partial charge in [0.1, 0.15) is 5.75 Å². The van der Waals surface area contributed by atoms with Crippen molar-refractivity contribution in [2.75, 3.05) is 0 Å². The van der Waals surface area contributed by atoms with Crippen molar-refractivity contribution in [2.45, 2.75) is 26.9 Å². The molecule has 0 N–H and O–H groups in total. The lowest BCUT2D eigenvalue weighted by molar-refractivity contribution is -0.207. The Hall–Kier alpha value is -1.63. The van der Waals surface area contributed by atoms with Crippen LogP contribution >= 0.6 is 8.20 Å². The zero-order valence-electron chi connectivity index (χ0n) is 12.0. The Labute approximate surface area is 121 Å². The number of hydrogen-bond acceptors (Lipinski definition) is 2.